The molecule has 0 fully saturated rings. The van der Waals surface area contributed by atoms with Crippen molar-refractivity contribution in [3.05, 3.63) is 40.7 Å². The van der Waals surface area contributed by atoms with E-state index in [1.54, 1.807) is 19.9 Å². The molecule has 0 saturated heterocycles. The minimum Gasteiger partial charge on any atom is -0.465 e. The van der Waals surface area contributed by atoms with Gasteiger partial charge in [0.2, 0.25) is 5.71 Å². The largest absolute Gasteiger partial charge is 0.465 e. The van der Waals surface area contributed by atoms with Crippen LogP contribution in [-0.4, -0.2) is 34.6 Å². The fourth-order valence-corrected chi connectivity index (χ4v) is 2.13. The van der Waals surface area contributed by atoms with E-state index in [9.17, 15) is 14.4 Å². The number of amides is 1. The lowest BCUT2D eigenvalue weighted by Crippen LogP contribution is -2.32. The van der Waals surface area contributed by atoms with Crippen molar-refractivity contribution in [3.8, 4) is 0 Å². The monoisotopic (exact) mass is 319 g/mol. The second kappa shape index (κ2) is 6.91. The van der Waals surface area contributed by atoms with Gasteiger partial charge in [0.05, 0.1) is 12.2 Å². The molecule has 1 amide bonds. The highest BCUT2D eigenvalue weighted by atomic mass is 16.5. The molecule has 0 radical (unpaired) electrons. The lowest BCUT2D eigenvalue weighted by Gasteiger charge is -2.05. The van der Waals surface area contributed by atoms with Gasteiger partial charge in [-0.05, 0) is 13.8 Å². The number of carbonyl (C=O) groups is 2. The van der Waals surface area contributed by atoms with Crippen LogP contribution in [0.2, 0.25) is 0 Å². The zero-order valence-corrected chi connectivity index (χ0v) is 12.9. The first-order chi connectivity index (χ1) is 11.0. The average molecular weight is 319 g/mol. The van der Waals surface area contributed by atoms with Gasteiger partial charge in [-0.3, -0.25) is 19.0 Å². The lowest BCUT2D eigenvalue weighted by molar-refractivity contribution is -0.141. The van der Waals surface area contributed by atoms with E-state index in [1.807, 2.05) is 0 Å². The molecule has 2 rings (SSSR count). The number of nitrogens with one attached hydrogen (secondary N) is 1. The van der Waals surface area contributed by atoms with Gasteiger partial charge in [0.1, 0.15) is 24.0 Å². The van der Waals surface area contributed by atoms with Gasteiger partial charge < -0.3 is 14.5 Å². The Balaban J connectivity index is 2.39. The smallest absolute Gasteiger partial charge is 0.325 e. The maximum absolute atomic E-state index is 12.4. The van der Waals surface area contributed by atoms with Gasteiger partial charge in [0.15, 0.2) is 0 Å². The van der Waals surface area contributed by atoms with Gasteiger partial charge in [-0.25, -0.2) is 4.98 Å². The molecule has 0 unspecified atom stereocenters. The van der Waals surface area contributed by atoms with Crippen molar-refractivity contribution in [1.82, 2.24) is 14.9 Å². The Kier molecular flexibility index (Phi) is 4.95. The van der Waals surface area contributed by atoms with Crippen LogP contribution in [0.25, 0.3) is 11.1 Å². The first kappa shape index (κ1) is 16.5. The van der Waals surface area contributed by atoms with Crippen LogP contribution in [0.4, 0.5) is 0 Å². The molecule has 0 spiro atoms. The van der Waals surface area contributed by atoms with Crippen LogP contribution in [0.3, 0.4) is 0 Å². The number of ether oxygens (including phenoxy) is 1. The summed E-state index contributed by atoms with van der Waals surface area (Å²) in [6.07, 6.45) is 2.87. The SMILES string of the molecule is C=CCn1cnc2oc(C)c(C(=O)NCC(=O)OCC)c2c1=O. The molecular weight excluding hydrogens is 302 g/mol. The number of furan rings is 1. The highest BCUT2D eigenvalue weighted by molar-refractivity contribution is 6.06. The minimum atomic E-state index is -0.593. The highest BCUT2D eigenvalue weighted by Crippen LogP contribution is 2.20. The van der Waals surface area contributed by atoms with Gasteiger partial charge in [-0.2, -0.15) is 0 Å². The predicted molar refractivity (Wildman–Crippen MR) is 82.2 cm³/mol. The summed E-state index contributed by atoms with van der Waals surface area (Å²) >= 11 is 0. The second-order valence-electron chi connectivity index (χ2n) is 4.69. The van der Waals surface area contributed by atoms with Crippen LogP contribution in [0.1, 0.15) is 23.0 Å². The molecule has 8 heteroatoms. The van der Waals surface area contributed by atoms with E-state index in [2.05, 4.69) is 16.9 Å². The standard InChI is InChI=1S/C15H17N3O5/c1-4-6-18-8-17-14-12(15(18)21)11(9(3)23-14)13(20)16-7-10(19)22-5-2/h4,8H,1,5-7H2,2-3H3,(H,16,20). The van der Waals surface area contributed by atoms with Gasteiger partial charge in [0, 0.05) is 6.54 Å². The summed E-state index contributed by atoms with van der Waals surface area (Å²) in [5.74, 6) is -0.902. The number of hydrogen-bond donors (Lipinski definition) is 1. The van der Waals surface area contributed by atoms with E-state index < -0.39 is 17.4 Å². The van der Waals surface area contributed by atoms with Gasteiger partial charge in [0.25, 0.3) is 11.5 Å². The van der Waals surface area contributed by atoms with Crippen molar-refractivity contribution in [2.24, 2.45) is 0 Å². The molecular formula is C15H17N3O5. The van der Waals surface area contributed by atoms with E-state index in [0.29, 0.717) is 0 Å². The Hall–Kier alpha value is -2.90. The molecule has 2 aromatic rings. The lowest BCUT2D eigenvalue weighted by atomic mass is 10.2. The normalized spacial score (nSPS) is 10.5. The number of esters is 1. The van der Waals surface area contributed by atoms with E-state index in [-0.39, 0.29) is 42.1 Å². The fraction of sp³-hybridized carbons (Fsp3) is 0.333. The van der Waals surface area contributed by atoms with Gasteiger partial charge in [-0.1, -0.05) is 6.08 Å². The first-order valence-corrected chi connectivity index (χ1v) is 7.02. The van der Waals surface area contributed by atoms with E-state index in [0.717, 1.165) is 0 Å². The van der Waals surface area contributed by atoms with Crippen LogP contribution < -0.4 is 10.9 Å². The Morgan fingerprint density at radius 3 is 2.91 bits per heavy atom. The van der Waals surface area contributed by atoms with Crippen molar-refractivity contribution in [1.29, 1.82) is 0 Å². The Labute approximate surface area is 131 Å². The maximum Gasteiger partial charge on any atom is 0.325 e. The van der Waals surface area contributed by atoms with Crippen molar-refractivity contribution >= 4 is 23.0 Å². The third kappa shape index (κ3) is 3.31. The fourth-order valence-electron chi connectivity index (χ4n) is 2.13. The zero-order valence-electron chi connectivity index (χ0n) is 12.9. The molecule has 0 aliphatic carbocycles. The van der Waals surface area contributed by atoms with Crippen molar-refractivity contribution in [3.63, 3.8) is 0 Å². The third-order valence-electron chi connectivity index (χ3n) is 3.11. The van der Waals surface area contributed by atoms with Crippen LogP contribution in [0.15, 0.2) is 28.2 Å². The number of hydrogen-bond acceptors (Lipinski definition) is 6. The summed E-state index contributed by atoms with van der Waals surface area (Å²) in [5, 5.41) is 2.49. The third-order valence-corrected chi connectivity index (χ3v) is 3.11. The van der Waals surface area contributed by atoms with E-state index in [1.165, 1.54) is 10.9 Å². The molecule has 0 aliphatic rings. The maximum atomic E-state index is 12.4. The quantitative estimate of drug-likeness (QED) is 0.623. The Bertz CT molecular complexity index is 818. The molecule has 1 N–H and O–H groups in total. The summed E-state index contributed by atoms with van der Waals surface area (Å²) in [6, 6.07) is 0. The number of allylic oxidation sites excluding steroid dienone is 1. The number of fused-ring (bicyclic) bond motifs is 1. The number of rotatable bonds is 6. The summed E-state index contributed by atoms with van der Waals surface area (Å²) in [4.78, 5) is 40.1. The van der Waals surface area contributed by atoms with E-state index >= 15 is 0 Å². The molecule has 0 aromatic carbocycles. The molecule has 2 aromatic heterocycles. The molecule has 2 heterocycles. The number of carbonyl (C=O) groups excluding carboxylic acids is 2. The van der Waals surface area contributed by atoms with Crippen LogP contribution in [0, 0.1) is 6.92 Å². The van der Waals surface area contributed by atoms with Crippen molar-refractivity contribution in [2.75, 3.05) is 13.2 Å². The van der Waals surface area contributed by atoms with Crippen LogP contribution in [-0.2, 0) is 16.1 Å². The Morgan fingerprint density at radius 1 is 1.52 bits per heavy atom. The van der Waals surface area contributed by atoms with E-state index in [4.69, 9.17) is 9.15 Å². The second-order valence-corrected chi connectivity index (χ2v) is 4.69. The summed E-state index contributed by atoms with van der Waals surface area (Å²) in [6.45, 7) is 6.98. The minimum absolute atomic E-state index is 0.0696. The zero-order chi connectivity index (χ0) is 17.0. The summed E-state index contributed by atoms with van der Waals surface area (Å²) in [5.41, 5.74) is -0.262. The molecule has 122 valence electrons. The van der Waals surface area contributed by atoms with Crippen LogP contribution >= 0.6 is 0 Å². The number of aromatic nitrogens is 2. The predicted octanol–water partition coefficient (Wildman–Crippen LogP) is 0.777. The first-order valence-electron chi connectivity index (χ1n) is 7.02. The Morgan fingerprint density at radius 2 is 2.26 bits per heavy atom. The summed E-state index contributed by atoms with van der Waals surface area (Å²) < 4.78 is 11.4. The summed E-state index contributed by atoms with van der Waals surface area (Å²) in [7, 11) is 0. The average Bonchev–Trinajstić information content (AvgIpc) is 2.85. The van der Waals surface area contributed by atoms with Crippen LogP contribution in [0.5, 0.6) is 0 Å². The van der Waals surface area contributed by atoms with Gasteiger partial charge >= 0.3 is 5.97 Å². The van der Waals surface area contributed by atoms with Crippen molar-refractivity contribution in [2.45, 2.75) is 20.4 Å². The number of nitrogens with zero attached hydrogens (tertiary/aromatic N) is 2. The molecule has 0 aliphatic heterocycles. The topological polar surface area (TPSA) is 103 Å². The van der Waals surface area contributed by atoms with Gasteiger partial charge in [-0.15, -0.1) is 6.58 Å². The molecule has 0 atom stereocenters. The number of aryl methyl sites for hydroxylation is 1. The molecule has 8 nitrogen and oxygen atoms in total. The highest BCUT2D eigenvalue weighted by Gasteiger charge is 2.23. The van der Waals surface area contributed by atoms with Crippen molar-refractivity contribution < 1.29 is 18.7 Å². The molecule has 23 heavy (non-hydrogen) atoms. The molecule has 0 bridgehead atoms. The molecule has 0 saturated carbocycles.